The van der Waals surface area contributed by atoms with Gasteiger partial charge in [-0.2, -0.15) is 0 Å². The summed E-state index contributed by atoms with van der Waals surface area (Å²) in [5.74, 6) is -2.61. The maximum absolute atomic E-state index is 12.3. The van der Waals surface area contributed by atoms with Crippen LogP contribution in [0.5, 0.6) is 0 Å². The number of carboxylic acids is 1. The minimum absolute atomic E-state index is 0.323. The van der Waals surface area contributed by atoms with Crippen LogP contribution in [0.3, 0.4) is 0 Å². The molecule has 1 aromatic rings. The highest BCUT2D eigenvalue weighted by Crippen LogP contribution is 2.39. The van der Waals surface area contributed by atoms with E-state index >= 15 is 0 Å². The fraction of sp³-hybridized carbons (Fsp3) is 0.500. The molecule has 1 aliphatic carbocycles. The molecule has 2 unspecified atom stereocenters. The molecule has 0 aliphatic heterocycles. The van der Waals surface area contributed by atoms with Crippen molar-refractivity contribution in [2.45, 2.75) is 51.4 Å². The lowest BCUT2D eigenvalue weighted by Gasteiger charge is -2.36. The Balaban J connectivity index is 1.97. The maximum Gasteiger partial charge on any atom is 0.341 e. The van der Waals surface area contributed by atoms with Gasteiger partial charge in [-0.3, -0.25) is 9.59 Å². The van der Waals surface area contributed by atoms with Crippen LogP contribution in [0.15, 0.2) is 30.3 Å². The van der Waals surface area contributed by atoms with Crippen LogP contribution in [-0.4, -0.2) is 35.3 Å². The Kier molecular flexibility index (Phi) is 6.14. The van der Waals surface area contributed by atoms with Crippen molar-refractivity contribution in [3.63, 3.8) is 0 Å². The number of carbonyl (C=O) groups is 3. The molecule has 0 heterocycles. The van der Waals surface area contributed by atoms with E-state index in [1.165, 1.54) is 6.92 Å². The third kappa shape index (κ3) is 4.36. The van der Waals surface area contributed by atoms with Crippen molar-refractivity contribution in [2.24, 2.45) is 11.1 Å². The maximum atomic E-state index is 12.3. The number of nitrogens with two attached hydrogens (primary N) is 1. The summed E-state index contributed by atoms with van der Waals surface area (Å²) < 4.78 is 10.1. The fourth-order valence-electron chi connectivity index (χ4n) is 3.12. The molecule has 3 N–H and O–H groups in total. The molecular formula is C18H23NO6. The molecule has 2 atom stereocenters. The summed E-state index contributed by atoms with van der Waals surface area (Å²) in [5.41, 5.74) is 4.92. The summed E-state index contributed by atoms with van der Waals surface area (Å²) >= 11 is 0. The van der Waals surface area contributed by atoms with Gasteiger partial charge < -0.3 is 20.3 Å². The summed E-state index contributed by atoms with van der Waals surface area (Å²) in [6.45, 7) is 1.39. The molecule has 1 aromatic carbocycles. The first-order valence-corrected chi connectivity index (χ1v) is 8.32. The van der Waals surface area contributed by atoms with Crippen molar-refractivity contribution in [3.8, 4) is 0 Å². The van der Waals surface area contributed by atoms with Gasteiger partial charge in [0.25, 0.3) is 0 Å². The number of esters is 2. The largest absolute Gasteiger partial charge is 0.481 e. The third-order valence-corrected chi connectivity index (χ3v) is 4.59. The zero-order chi connectivity index (χ0) is 18.4. The molecule has 25 heavy (non-hydrogen) atoms. The molecule has 1 saturated carbocycles. The standard InChI is InChI=1S/C18H23NO6/c1-12(24-15(20)13-8-4-2-5-9-13)25-16(21)14(19)18(17(22)23)10-6-3-7-11-18/h2,4-5,8-9,12,14H,3,6-7,10-11,19H2,1H3,(H,22,23). The first kappa shape index (κ1) is 18.9. The number of ether oxygens (including phenoxy) is 2. The average Bonchev–Trinajstić information content (AvgIpc) is 2.62. The van der Waals surface area contributed by atoms with E-state index in [4.69, 9.17) is 15.2 Å². The zero-order valence-corrected chi connectivity index (χ0v) is 14.1. The molecule has 0 bridgehead atoms. The molecule has 0 aromatic heterocycles. The predicted molar refractivity (Wildman–Crippen MR) is 88.5 cm³/mol. The van der Waals surface area contributed by atoms with Crippen LogP contribution in [0.1, 0.15) is 49.4 Å². The lowest BCUT2D eigenvalue weighted by molar-refractivity contribution is -0.176. The first-order chi connectivity index (χ1) is 11.9. The quantitative estimate of drug-likeness (QED) is 0.596. The van der Waals surface area contributed by atoms with E-state index in [2.05, 4.69) is 0 Å². The van der Waals surface area contributed by atoms with Crippen LogP contribution < -0.4 is 5.73 Å². The minimum atomic E-state index is -1.32. The zero-order valence-electron chi connectivity index (χ0n) is 14.1. The van der Waals surface area contributed by atoms with Crippen LogP contribution in [0, 0.1) is 5.41 Å². The summed E-state index contributed by atoms with van der Waals surface area (Å²) in [6.07, 6.45) is 1.81. The van der Waals surface area contributed by atoms with E-state index in [1.54, 1.807) is 30.3 Å². The lowest BCUT2D eigenvalue weighted by Crippen LogP contribution is -2.54. The SMILES string of the molecule is CC(OC(=O)c1ccccc1)OC(=O)C(N)C1(C(=O)O)CCCCC1. The molecule has 0 spiro atoms. The number of carbonyl (C=O) groups excluding carboxylic acids is 2. The van der Waals surface area contributed by atoms with E-state index in [1.807, 2.05) is 0 Å². The van der Waals surface area contributed by atoms with E-state index < -0.39 is 35.7 Å². The minimum Gasteiger partial charge on any atom is -0.481 e. The predicted octanol–water partition coefficient (Wildman–Crippen LogP) is 2.09. The highest BCUT2D eigenvalue weighted by Gasteiger charge is 2.49. The molecule has 136 valence electrons. The summed E-state index contributed by atoms with van der Waals surface area (Å²) in [5, 5.41) is 9.56. The highest BCUT2D eigenvalue weighted by molar-refractivity contribution is 5.90. The molecule has 2 rings (SSSR count). The Morgan fingerprint density at radius 3 is 2.24 bits per heavy atom. The van der Waals surface area contributed by atoms with Gasteiger partial charge in [0.15, 0.2) is 0 Å². The lowest BCUT2D eigenvalue weighted by atomic mass is 9.69. The van der Waals surface area contributed by atoms with Crippen LogP contribution >= 0.6 is 0 Å². The second kappa shape index (κ2) is 8.11. The van der Waals surface area contributed by atoms with Gasteiger partial charge in [0.05, 0.1) is 11.0 Å². The van der Waals surface area contributed by atoms with Crippen molar-refractivity contribution < 1.29 is 29.0 Å². The van der Waals surface area contributed by atoms with Crippen molar-refractivity contribution in [3.05, 3.63) is 35.9 Å². The Hall–Kier alpha value is -2.41. The van der Waals surface area contributed by atoms with Gasteiger partial charge in [-0.15, -0.1) is 0 Å². The van der Waals surface area contributed by atoms with Gasteiger partial charge in [0, 0.05) is 6.92 Å². The normalized spacial score (nSPS) is 18.6. The van der Waals surface area contributed by atoms with E-state index in [-0.39, 0.29) is 0 Å². The summed E-state index contributed by atoms with van der Waals surface area (Å²) in [7, 11) is 0. The number of carboxylic acid groups (broad SMARTS) is 1. The van der Waals surface area contributed by atoms with Gasteiger partial charge in [-0.25, -0.2) is 4.79 Å². The smallest absolute Gasteiger partial charge is 0.341 e. The second-order valence-electron chi connectivity index (χ2n) is 6.28. The highest BCUT2D eigenvalue weighted by atomic mass is 16.7. The van der Waals surface area contributed by atoms with Crippen LogP contribution in [-0.2, 0) is 19.1 Å². The molecule has 7 nitrogen and oxygen atoms in total. The van der Waals surface area contributed by atoms with Crippen LogP contribution in [0.4, 0.5) is 0 Å². The van der Waals surface area contributed by atoms with Gasteiger partial charge in [0.2, 0.25) is 6.29 Å². The van der Waals surface area contributed by atoms with Crippen LogP contribution in [0.25, 0.3) is 0 Å². The van der Waals surface area contributed by atoms with Crippen LogP contribution in [0.2, 0.25) is 0 Å². The molecule has 0 saturated heterocycles. The van der Waals surface area contributed by atoms with Gasteiger partial charge in [-0.05, 0) is 25.0 Å². The number of aliphatic carboxylic acids is 1. The molecule has 1 fully saturated rings. The Morgan fingerprint density at radius 2 is 1.68 bits per heavy atom. The van der Waals surface area contributed by atoms with Crippen molar-refractivity contribution in [1.29, 1.82) is 0 Å². The van der Waals surface area contributed by atoms with Crippen molar-refractivity contribution in [1.82, 2.24) is 0 Å². The van der Waals surface area contributed by atoms with Crippen molar-refractivity contribution >= 4 is 17.9 Å². The fourth-order valence-corrected chi connectivity index (χ4v) is 3.12. The van der Waals surface area contributed by atoms with Gasteiger partial charge in [0.1, 0.15) is 6.04 Å². The Bertz CT molecular complexity index is 624. The van der Waals surface area contributed by atoms with E-state index in [0.29, 0.717) is 31.2 Å². The van der Waals surface area contributed by atoms with Gasteiger partial charge in [-0.1, -0.05) is 37.5 Å². The number of rotatable bonds is 6. The molecule has 0 radical (unpaired) electrons. The number of benzene rings is 1. The van der Waals surface area contributed by atoms with E-state index in [9.17, 15) is 19.5 Å². The second-order valence-corrected chi connectivity index (χ2v) is 6.28. The Morgan fingerprint density at radius 1 is 1.08 bits per heavy atom. The first-order valence-electron chi connectivity index (χ1n) is 8.32. The third-order valence-electron chi connectivity index (χ3n) is 4.59. The topological polar surface area (TPSA) is 116 Å². The van der Waals surface area contributed by atoms with Crippen molar-refractivity contribution in [2.75, 3.05) is 0 Å². The average molecular weight is 349 g/mol. The summed E-state index contributed by atoms with van der Waals surface area (Å²) in [4.78, 5) is 35.9. The number of hydrogen-bond donors (Lipinski definition) is 2. The molecule has 7 heteroatoms. The van der Waals surface area contributed by atoms with E-state index in [0.717, 1.165) is 6.42 Å². The molecule has 0 amide bonds. The molecule has 1 aliphatic rings. The van der Waals surface area contributed by atoms with Gasteiger partial charge >= 0.3 is 17.9 Å². The Labute approximate surface area is 146 Å². The summed E-state index contributed by atoms with van der Waals surface area (Å²) in [6, 6.07) is 6.97. The number of hydrogen-bond acceptors (Lipinski definition) is 6. The monoisotopic (exact) mass is 349 g/mol. The molecular weight excluding hydrogens is 326 g/mol.